The van der Waals surface area contributed by atoms with Crippen LogP contribution in [0.1, 0.15) is 5.56 Å². The summed E-state index contributed by atoms with van der Waals surface area (Å²) in [6.45, 7) is 3.27. The van der Waals surface area contributed by atoms with Crippen LogP contribution in [-0.2, 0) is 16.0 Å². The SMILES string of the molecule is CN(Cc1cc(F)ccc1-n1cccn1)C[C@H]1COCCO1. The monoisotopic (exact) mass is 305 g/mol. The molecule has 0 bridgehead atoms. The van der Waals surface area contributed by atoms with Crippen molar-refractivity contribution in [2.75, 3.05) is 33.4 Å². The molecule has 118 valence electrons. The number of hydrogen-bond acceptors (Lipinski definition) is 4. The summed E-state index contributed by atoms with van der Waals surface area (Å²) < 4.78 is 26.4. The molecular weight excluding hydrogens is 285 g/mol. The molecule has 0 radical (unpaired) electrons. The number of nitrogens with zero attached hydrogens (tertiary/aromatic N) is 3. The van der Waals surface area contributed by atoms with Gasteiger partial charge in [0, 0.05) is 25.5 Å². The second-order valence-corrected chi connectivity index (χ2v) is 5.49. The molecule has 0 saturated carbocycles. The average Bonchev–Trinajstić information content (AvgIpc) is 3.02. The first-order valence-corrected chi connectivity index (χ1v) is 7.39. The van der Waals surface area contributed by atoms with Crippen molar-refractivity contribution in [3.05, 3.63) is 48.0 Å². The molecular formula is C16H20FN3O2. The van der Waals surface area contributed by atoms with E-state index in [0.717, 1.165) is 17.8 Å². The van der Waals surface area contributed by atoms with Crippen LogP contribution in [0.25, 0.3) is 5.69 Å². The Morgan fingerprint density at radius 3 is 3.05 bits per heavy atom. The number of benzene rings is 1. The molecule has 2 aromatic rings. The third-order valence-electron chi connectivity index (χ3n) is 3.63. The molecule has 1 aromatic heterocycles. The molecule has 5 nitrogen and oxygen atoms in total. The third kappa shape index (κ3) is 3.71. The van der Waals surface area contributed by atoms with Gasteiger partial charge in [-0.1, -0.05) is 0 Å². The van der Waals surface area contributed by atoms with Crippen LogP contribution in [-0.4, -0.2) is 54.2 Å². The standard InChI is InChI=1S/C16H20FN3O2/c1-19(11-15-12-21-7-8-22-15)10-13-9-14(17)3-4-16(13)20-6-2-5-18-20/h2-6,9,15H,7-8,10-12H2,1H3/t15-/m0/s1. The molecule has 0 unspecified atom stereocenters. The van der Waals surface area contributed by atoms with E-state index >= 15 is 0 Å². The van der Waals surface area contributed by atoms with Gasteiger partial charge in [0.05, 0.1) is 31.6 Å². The minimum atomic E-state index is -0.239. The number of rotatable bonds is 5. The average molecular weight is 305 g/mol. The molecule has 1 fully saturated rings. The van der Waals surface area contributed by atoms with Gasteiger partial charge in [-0.3, -0.25) is 4.90 Å². The summed E-state index contributed by atoms with van der Waals surface area (Å²) in [4.78, 5) is 2.11. The first kappa shape index (κ1) is 15.1. The van der Waals surface area contributed by atoms with Crippen LogP contribution < -0.4 is 0 Å². The predicted octanol–water partition coefficient (Wildman–Crippen LogP) is 1.86. The van der Waals surface area contributed by atoms with E-state index < -0.39 is 0 Å². The molecule has 0 spiro atoms. The maximum Gasteiger partial charge on any atom is 0.123 e. The summed E-state index contributed by atoms with van der Waals surface area (Å²) in [5, 5.41) is 4.23. The van der Waals surface area contributed by atoms with Crippen molar-refractivity contribution in [1.82, 2.24) is 14.7 Å². The fourth-order valence-electron chi connectivity index (χ4n) is 2.66. The first-order valence-electron chi connectivity index (χ1n) is 7.39. The van der Waals surface area contributed by atoms with Crippen LogP contribution >= 0.6 is 0 Å². The number of halogens is 1. The highest BCUT2D eigenvalue weighted by molar-refractivity contribution is 5.40. The lowest BCUT2D eigenvalue weighted by Gasteiger charge is -2.27. The lowest BCUT2D eigenvalue weighted by atomic mass is 10.1. The van der Waals surface area contributed by atoms with Gasteiger partial charge in [0.15, 0.2) is 0 Å². The lowest BCUT2D eigenvalue weighted by molar-refractivity contribution is -0.0962. The van der Waals surface area contributed by atoms with Crippen molar-refractivity contribution in [2.45, 2.75) is 12.6 Å². The van der Waals surface area contributed by atoms with Crippen LogP contribution in [0.15, 0.2) is 36.7 Å². The van der Waals surface area contributed by atoms with Crippen LogP contribution in [0, 0.1) is 5.82 Å². The quantitative estimate of drug-likeness (QED) is 0.845. The zero-order valence-corrected chi connectivity index (χ0v) is 12.6. The number of ether oxygens (including phenoxy) is 2. The van der Waals surface area contributed by atoms with Gasteiger partial charge < -0.3 is 9.47 Å². The van der Waals surface area contributed by atoms with Crippen molar-refractivity contribution in [3.63, 3.8) is 0 Å². The van der Waals surface area contributed by atoms with Gasteiger partial charge in [0.1, 0.15) is 5.82 Å². The molecule has 1 aromatic carbocycles. The summed E-state index contributed by atoms with van der Waals surface area (Å²) in [5.41, 5.74) is 1.78. The van der Waals surface area contributed by atoms with Gasteiger partial charge in [0.25, 0.3) is 0 Å². The number of aromatic nitrogens is 2. The molecule has 1 aliphatic rings. The lowest BCUT2D eigenvalue weighted by Crippen LogP contribution is -2.38. The molecule has 0 N–H and O–H groups in total. The smallest absolute Gasteiger partial charge is 0.123 e. The van der Waals surface area contributed by atoms with E-state index in [0.29, 0.717) is 26.4 Å². The Morgan fingerprint density at radius 2 is 2.32 bits per heavy atom. The maximum atomic E-state index is 13.6. The minimum Gasteiger partial charge on any atom is -0.376 e. The Kier molecular flexibility index (Phi) is 4.82. The molecule has 0 aliphatic carbocycles. The van der Waals surface area contributed by atoms with Crippen molar-refractivity contribution in [1.29, 1.82) is 0 Å². The topological polar surface area (TPSA) is 39.5 Å². The van der Waals surface area contributed by atoms with E-state index in [-0.39, 0.29) is 11.9 Å². The summed E-state index contributed by atoms with van der Waals surface area (Å²) >= 11 is 0. The highest BCUT2D eigenvalue weighted by atomic mass is 19.1. The largest absolute Gasteiger partial charge is 0.376 e. The fraction of sp³-hybridized carbons (Fsp3) is 0.438. The van der Waals surface area contributed by atoms with Gasteiger partial charge in [-0.15, -0.1) is 0 Å². The summed E-state index contributed by atoms with van der Waals surface area (Å²) in [6.07, 6.45) is 3.64. The maximum absolute atomic E-state index is 13.6. The van der Waals surface area contributed by atoms with Gasteiger partial charge in [-0.25, -0.2) is 9.07 Å². The van der Waals surface area contributed by atoms with Gasteiger partial charge in [0.2, 0.25) is 0 Å². The molecule has 1 saturated heterocycles. The summed E-state index contributed by atoms with van der Waals surface area (Å²) in [5.74, 6) is -0.239. The Bertz CT molecular complexity index is 597. The fourth-order valence-corrected chi connectivity index (χ4v) is 2.66. The van der Waals surface area contributed by atoms with E-state index in [9.17, 15) is 4.39 Å². The second kappa shape index (κ2) is 7.00. The van der Waals surface area contributed by atoms with E-state index in [1.165, 1.54) is 6.07 Å². The van der Waals surface area contributed by atoms with Gasteiger partial charge >= 0.3 is 0 Å². The third-order valence-corrected chi connectivity index (χ3v) is 3.63. The van der Waals surface area contributed by atoms with E-state index in [1.54, 1.807) is 23.0 Å². The van der Waals surface area contributed by atoms with Crippen LogP contribution in [0.4, 0.5) is 4.39 Å². The normalized spacial score (nSPS) is 18.8. The predicted molar refractivity (Wildman–Crippen MR) is 80.4 cm³/mol. The Hall–Kier alpha value is -1.76. The van der Waals surface area contributed by atoms with Crippen LogP contribution in [0.2, 0.25) is 0 Å². The molecule has 22 heavy (non-hydrogen) atoms. The van der Waals surface area contributed by atoms with E-state index in [4.69, 9.17) is 9.47 Å². The molecule has 3 rings (SSSR count). The Balaban J connectivity index is 1.72. The van der Waals surface area contributed by atoms with Crippen molar-refractivity contribution >= 4 is 0 Å². The highest BCUT2D eigenvalue weighted by Crippen LogP contribution is 2.17. The second-order valence-electron chi connectivity index (χ2n) is 5.49. The van der Waals surface area contributed by atoms with Crippen LogP contribution in [0.3, 0.4) is 0 Å². The molecule has 1 aliphatic heterocycles. The zero-order chi connectivity index (χ0) is 15.4. The molecule has 1 atom stereocenters. The summed E-state index contributed by atoms with van der Waals surface area (Å²) in [7, 11) is 2.00. The number of likely N-dealkylation sites (N-methyl/N-ethyl adjacent to an activating group) is 1. The van der Waals surface area contributed by atoms with Crippen molar-refractivity contribution < 1.29 is 13.9 Å². The molecule has 0 amide bonds. The van der Waals surface area contributed by atoms with Crippen LogP contribution in [0.5, 0.6) is 0 Å². The minimum absolute atomic E-state index is 0.0699. The van der Waals surface area contributed by atoms with Gasteiger partial charge in [-0.2, -0.15) is 5.10 Å². The zero-order valence-electron chi connectivity index (χ0n) is 12.6. The molecule has 6 heteroatoms. The first-order chi connectivity index (χ1) is 10.7. The highest BCUT2D eigenvalue weighted by Gasteiger charge is 2.17. The van der Waals surface area contributed by atoms with Crippen molar-refractivity contribution in [3.8, 4) is 5.69 Å². The van der Waals surface area contributed by atoms with Crippen molar-refractivity contribution in [2.24, 2.45) is 0 Å². The summed E-state index contributed by atoms with van der Waals surface area (Å²) in [6, 6.07) is 6.63. The number of hydrogen-bond donors (Lipinski definition) is 0. The molecule has 2 heterocycles. The Morgan fingerprint density at radius 1 is 1.41 bits per heavy atom. The Labute approximate surface area is 129 Å². The van der Waals surface area contributed by atoms with E-state index in [1.807, 2.05) is 19.3 Å². The van der Waals surface area contributed by atoms with Gasteiger partial charge in [-0.05, 0) is 36.9 Å². The van der Waals surface area contributed by atoms with E-state index in [2.05, 4.69) is 10.00 Å².